The zero-order valence-electron chi connectivity index (χ0n) is 13.9. The van der Waals surface area contributed by atoms with Crippen LogP contribution in [-0.2, 0) is 0 Å². The Morgan fingerprint density at radius 1 is 1.07 bits per heavy atom. The molecular weight excluding hydrogens is 365 g/mol. The fourth-order valence-corrected chi connectivity index (χ4v) is 3.10. The Hall–Kier alpha value is -3.52. The van der Waals surface area contributed by atoms with Gasteiger partial charge in [-0.15, -0.1) is 11.3 Å². The van der Waals surface area contributed by atoms with E-state index in [0.717, 1.165) is 5.56 Å². The third kappa shape index (κ3) is 3.56. The summed E-state index contributed by atoms with van der Waals surface area (Å²) in [6.07, 6.45) is 1.61. The van der Waals surface area contributed by atoms with Crippen molar-refractivity contribution in [3.8, 4) is 22.6 Å². The zero-order valence-corrected chi connectivity index (χ0v) is 14.8. The van der Waals surface area contributed by atoms with Crippen molar-refractivity contribution in [1.29, 1.82) is 0 Å². The Labute approximate surface area is 157 Å². The van der Waals surface area contributed by atoms with Gasteiger partial charge in [-0.3, -0.25) is 10.1 Å². The number of hydrogen-bond donors (Lipinski definition) is 3. The minimum Gasteiger partial charge on any atom is -0.399 e. The Kier molecular flexibility index (Phi) is 4.39. The van der Waals surface area contributed by atoms with Crippen LogP contribution in [0.15, 0.2) is 60.1 Å². The molecule has 0 aliphatic carbocycles. The average molecular weight is 379 g/mol. The number of nitrogen functional groups attached to an aromatic ring is 1. The summed E-state index contributed by atoms with van der Waals surface area (Å²) < 4.78 is 13.3. The topological polar surface area (TPSA) is 96.7 Å². The van der Waals surface area contributed by atoms with Gasteiger partial charge in [0.05, 0.1) is 0 Å². The van der Waals surface area contributed by atoms with Crippen LogP contribution >= 0.6 is 11.3 Å². The highest BCUT2D eigenvalue weighted by molar-refractivity contribution is 7.13. The van der Waals surface area contributed by atoms with Crippen molar-refractivity contribution in [2.24, 2.45) is 0 Å². The first-order chi connectivity index (χ1) is 13.1. The van der Waals surface area contributed by atoms with E-state index in [4.69, 9.17) is 5.73 Å². The van der Waals surface area contributed by atoms with Gasteiger partial charge >= 0.3 is 0 Å². The normalized spacial score (nSPS) is 10.7. The van der Waals surface area contributed by atoms with E-state index in [9.17, 15) is 9.18 Å². The molecule has 27 heavy (non-hydrogen) atoms. The Morgan fingerprint density at radius 2 is 1.78 bits per heavy atom. The number of nitrogens with one attached hydrogen (secondary N) is 2. The highest BCUT2D eigenvalue weighted by atomic mass is 32.1. The van der Waals surface area contributed by atoms with Crippen LogP contribution in [0.1, 0.15) is 10.5 Å². The molecule has 0 atom stereocenters. The predicted octanol–water partition coefficient (Wildman–Crippen LogP) is 4.17. The first kappa shape index (κ1) is 16.9. The van der Waals surface area contributed by atoms with Crippen LogP contribution in [-0.4, -0.2) is 20.9 Å². The van der Waals surface area contributed by atoms with E-state index in [1.807, 2.05) is 12.1 Å². The maximum Gasteiger partial charge on any atom is 0.276 e. The van der Waals surface area contributed by atoms with Crippen molar-refractivity contribution in [3.63, 3.8) is 0 Å². The summed E-state index contributed by atoms with van der Waals surface area (Å²) in [5.74, 6) is -0.223. The van der Waals surface area contributed by atoms with Gasteiger partial charge in [-0.1, -0.05) is 0 Å². The SMILES string of the molecule is Nc1ccc(-c2nc(-c3ccc(F)cc3)c(C(=O)Nc3nccs3)[nH]2)cc1. The zero-order chi connectivity index (χ0) is 18.8. The third-order valence-corrected chi connectivity index (χ3v) is 4.57. The van der Waals surface area contributed by atoms with Gasteiger partial charge in [0.25, 0.3) is 5.91 Å². The summed E-state index contributed by atoms with van der Waals surface area (Å²) in [4.78, 5) is 24.4. The molecule has 0 aliphatic rings. The number of imidazole rings is 1. The molecule has 1 amide bonds. The number of carbonyl (C=O) groups excluding carboxylic acids is 1. The molecule has 4 N–H and O–H groups in total. The van der Waals surface area contributed by atoms with Crippen molar-refractivity contribution in [2.75, 3.05) is 11.1 Å². The van der Waals surface area contributed by atoms with E-state index in [-0.39, 0.29) is 17.4 Å². The number of halogens is 1. The number of aromatic amines is 1. The minimum atomic E-state index is -0.376. The molecule has 2 heterocycles. The smallest absolute Gasteiger partial charge is 0.276 e. The lowest BCUT2D eigenvalue weighted by molar-refractivity contribution is 0.102. The summed E-state index contributed by atoms with van der Waals surface area (Å²) in [6, 6.07) is 13.0. The Bertz CT molecular complexity index is 1070. The van der Waals surface area contributed by atoms with Crippen molar-refractivity contribution in [3.05, 3.63) is 71.6 Å². The van der Waals surface area contributed by atoms with Gasteiger partial charge < -0.3 is 10.7 Å². The quantitative estimate of drug-likeness (QED) is 0.464. The first-order valence-electron chi connectivity index (χ1n) is 8.03. The van der Waals surface area contributed by atoms with Crippen LogP contribution in [0.5, 0.6) is 0 Å². The number of aromatic nitrogens is 3. The lowest BCUT2D eigenvalue weighted by Crippen LogP contribution is -2.13. The monoisotopic (exact) mass is 379 g/mol. The second-order valence-corrected chi connectivity index (χ2v) is 6.62. The van der Waals surface area contributed by atoms with E-state index in [0.29, 0.717) is 27.9 Å². The van der Waals surface area contributed by atoms with Gasteiger partial charge in [-0.05, 0) is 48.5 Å². The number of nitrogens with zero attached hydrogens (tertiary/aromatic N) is 2. The number of H-pyrrole nitrogens is 1. The molecule has 0 saturated heterocycles. The highest BCUT2D eigenvalue weighted by Gasteiger charge is 2.20. The lowest BCUT2D eigenvalue weighted by atomic mass is 10.1. The molecule has 2 aromatic heterocycles. The molecular formula is C19H14FN5OS. The maximum absolute atomic E-state index is 13.3. The van der Waals surface area contributed by atoms with Crippen LogP contribution in [0.25, 0.3) is 22.6 Å². The van der Waals surface area contributed by atoms with Crippen molar-refractivity contribution in [2.45, 2.75) is 0 Å². The Balaban J connectivity index is 1.78. The summed E-state index contributed by atoms with van der Waals surface area (Å²) in [5.41, 5.74) is 8.46. The second kappa shape index (κ2) is 7.00. The molecule has 4 aromatic rings. The van der Waals surface area contributed by atoms with E-state index >= 15 is 0 Å². The van der Waals surface area contributed by atoms with Gasteiger partial charge in [0.2, 0.25) is 0 Å². The van der Waals surface area contributed by atoms with Crippen molar-refractivity contribution in [1.82, 2.24) is 15.0 Å². The maximum atomic E-state index is 13.3. The number of hydrogen-bond acceptors (Lipinski definition) is 5. The van der Waals surface area contributed by atoms with Gasteiger partial charge in [0.1, 0.15) is 23.0 Å². The predicted molar refractivity (Wildman–Crippen MR) is 104 cm³/mol. The van der Waals surface area contributed by atoms with Crippen molar-refractivity contribution >= 4 is 28.1 Å². The third-order valence-electron chi connectivity index (χ3n) is 3.89. The molecule has 0 unspecified atom stereocenters. The average Bonchev–Trinajstić information content (AvgIpc) is 3.33. The molecule has 0 spiro atoms. The molecule has 0 bridgehead atoms. The van der Waals surface area contributed by atoms with E-state index in [1.165, 1.54) is 23.5 Å². The number of carbonyl (C=O) groups is 1. The standard InChI is InChI=1S/C19H14FN5OS/c20-13-5-1-11(2-6-13)15-16(18(26)25-19-22-9-10-27-19)24-17(23-15)12-3-7-14(21)8-4-12/h1-10H,21H2,(H,23,24)(H,22,25,26). The molecule has 6 nitrogen and oxygen atoms in total. The fraction of sp³-hybridized carbons (Fsp3) is 0. The fourth-order valence-electron chi connectivity index (χ4n) is 2.58. The largest absolute Gasteiger partial charge is 0.399 e. The van der Waals surface area contributed by atoms with Crippen LogP contribution < -0.4 is 11.1 Å². The molecule has 8 heteroatoms. The van der Waals surface area contributed by atoms with Gasteiger partial charge in [0.15, 0.2) is 5.13 Å². The summed E-state index contributed by atoms with van der Waals surface area (Å²) >= 11 is 1.31. The van der Waals surface area contributed by atoms with Crippen LogP contribution in [0.3, 0.4) is 0 Å². The second-order valence-electron chi connectivity index (χ2n) is 5.73. The molecule has 0 fully saturated rings. The van der Waals surface area contributed by atoms with Gasteiger partial charge in [-0.25, -0.2) is 14.4 Å². The highest BCUT2D eigenvalue weighted by Crippen LogP contribution is 2.27. The summed E-state index contributed by atoms with van der Waals surface area (Å²) in [5, 5.41) is 4.98. The van der Waals surface area contributed by atoms with Crippen LogP contribution in [0, 0.1) is 5.82 Å². The minimum absolute atomic E-state index is 0.267. The number of benzene rings is 2. The van der Waals surface area contributed by atoms with Crippen LogP contribution in [0.2, 0.25) is 0 Å². The Morgan fingerprint density at radius 3 is 2.44 bits per heavy atom. The number of amides is 1. The lowest BCUT2D eigenvalue weighted by Gasteiger charge is -2.03. The van der Waals surface area contributed by atoms with E-state index < -0.39 is 0 Å². The molecule has 0 saturated carbocycles. The van der Waals surface area contributed by atoms with Crippen molar-refractivity contribution < 1.29 is 9.18 Å². The number of thiazole rings is 1. The molecule has 0 aliphatic heterocycles. The summed E-state index contributed by atoms with van der Waals surface area (Å²) in [6.45, 7) is 0. The molecule has 0 radical (unpaired) electrons. The van der Waals surface area contributed by atoms with Gasteiger partial charge in [0, 0.05) is 28.4 Å². The van der Waals surface area contributed by atoms with E-state index in [1.54, 1.807) is 35.8 Å². The molecule has 4 rings (SSSR count). The molecule has 2 aromatic carbocycles. The number of nitrogens with two attached hydrogens (primary N) is 1. The van der Waals surface area contributed by atoms with E-state index in [2.05, 4.69) is 20.3 Å². The number of rotatable bonds is 4. The van der Waals surface area contributed by atoms with Crippen LogP contribution in [0.4, 0.5) is 15.2 Å². The first-order valence-corrected chi connectivity index (χ1v) is 8.91. The molecule has 134 valence electrons. The number of anilines is 2. The van der Waals surface area contributed by atoms with Gasteiger partial charge in [-0.2, -0.15) is 0 Å². The summed E-state index contributed by atoms with van der Waals surface area (Å²) in [7, 11) is 0.